The Bertz CT molecular complexity index is 432. The number of carbonyl (C=O) groups excluding carboxylic acids is 1. The Kier molecular flexibility index (Phi) is 3.93. The lowest BCUT2D eigenvalue weighted by Crippen LogP contribution is -2.50. The maximum Gasteiger partial charge on any atom is 0.251 e. The fraction of sp³-hybridized carbons (Fsp3) is 0.500. The molecule has 2 atom stereocenters. The van der Waals surface area contributed by atoms with Gasteiger partial charge in [0.1, 0.15) is 0 Å². The van der Waals surface area contributed by atoms with E-state index in [2.05, 4.69) is 5.32 Å². The second-order valence-corrected chi connectivity index (χ2v) is 5.23. The molecule has 0 aliphatic carbocycles. The molecule has 1 aliphatic heterocycles. The molecule has 18 heavy (non-hydrogen) atoms. The highest BCUT2D eigenvalue weighted by Gasteiger charge is 2.38. The molecule has 1 fully saturated rings. The Balaban J connectivity index is 2.07. The number of alkyl halides is 1. The Labute approximate surface area is 112 Å². The van der Waals surface area contributed by atoms with E-state index in [4.69, 9.17) is 16.3 Å². The van der Waals surface area contributed by atoms with Crippen molar-refractivity contribution >= 4 is 17.5 Å². The van der Waals surface area contributed by atoms with Crippen LogP contribution in [0.1, 0.15) is 36.2 Å². The summed E-state index contributed by atoms with van der Waals surface area (Å²) in [6, 6.07) is 7.35. The van der Waals surface area contributed by atoms with Crippen molar-refractivity contribution in [3.05, 3.63) is 35.4 Å². The molecule has 1 N–H and O–H groups in total. The lowest BCUT2D eigenvalue weighted by Gasteiger charge is -2.28. The van der Waals surface area contributed by atoms with Gasteiger partial charge in [-0.2, -0.15) is 0 Å². The first-order valence-corrected chi connectivity index (χ1v) is 6.67. The van der Waals surface area contributed by atoms with Gasteiger partial charge in [-0.05, 0) is 38.0 Å². The van der Waals surface area contributed by atoms with Crippen molar-refractivity contribution in [3.63, 3.8) is 0 Å². The van der Waals surface area contributed by atoms with Gasteiger partial charge in [0.05, 0.1) is 11.6 Å². The molecule has 3 nitrogen and oxygen atoms in total. The van der Waals surface area contributed by atoms with E-state index in [1.54, 1.807) is 12.1 Å². The predicted octanol–water partition coefficient (Wildman–Crippen LogP) is 2.72. The molecule has 2 unspecified atom stereocenters. The quantitative estimate of drug-likeness (QED) is 0.855. The molecule has 1 heterocycles. The smallest absolute Gasteiger partial charge is 0.251 e. The van der Waals surface area contributed by atoms with Crippen LogP contribution in [0, 0.1) is 0 Å². The van der Waals surface area contributed by atoms with E-state index >= 15 is 0 Å². The Morgan fingerprint density at radius 2 is 2.17 bits per heavy atom. The van der Waals surface area contributed by atoms with E-state index in [-0.39, 0.29) is 17.6 Å². The van der Waals surface area contributed by atoms with Crippen LogP contribution >= 0.6 is 11.6 Å². The first-order valence-electron chi connectivity index (χ1n) is 6.14. The number of halogens is 1. The van der Waals surface area contributed by atoms with Gasteiger partial charge < -0.3 is 10.1 Å². The first kappa shape index (κ1) is 13.4. The minimum absolute atomic E-state index is 0.0450. The number of hydrogen-bond donors (Lipinski definition) is 1. The van der Waals surface area contributed by atoms with Gasteiger partial charge in [0.15, 0.2) is 0 Å². The zero-order chi connectivity index (χ0) is 13.2. The third-order valence-electron chi connectivity index (χ3n) is 3.66. The average Bonchev–Trinajstić information content (AvgIpc) is 2.69. The molecule has 0 aromatic heterocycles. The maximum atomic E-state index is 12.2. The van der Waals surface area contributed by atoms with Crippen LogP contribution in [-0.2, 0) is 10.6 Å². The van der Waals surface area contributed by atoms with Crippen molar-refractivity contribution in [2.75, 3.05) is 6.61 Å². The Morgan fingerprint density at radius 1 is 1.50 bits per heavy atom. The summed E-state index contributed by atoms with van der Waals surface area (Å²) in [6.07, 6.45) is 0.892. The molecule has 1 aromatic rings. The van der Waals surface area contributed by atoms with E-state index in [0.29, 0.717) is 18.1 Å². The topological polar surface area (TPSA) is 38.3 Å². The molecule has 1 amide bonds. The summed E-state index contributed by atoms with van der Waals surface area (Å²) in [7, 11) is 0. The minimum Gasteiger partial charge on any atom is -0.376 e. The zero-order valence-corrected chi connectivity index (χ0v) is 11.5. The lowest BCUT2D eigenvalue weighted by atomic mass is 9.94. The highest BCUT2D eigenvalue weighted by Crippen LogP contribution is 2.25. The van der Waals surface area contributed by atoms with E-state index in [0.717, 1.165) is 12.0 Å². The van der Waals surface area contributed by atoms with Crippen LogP contribution in [0.3, 0.4) is 0 Å². The van der Waals surface area contributed by atoms with Crippen molar-refractivity contribution in [3.8, 4) is 0 Å². The fourth-order valence-corrected chi connectivity index (χ4v) is 2.25. The second kappa shape index (κ2) is 5.29. The molecule has 0 bridgehead atoms. The maximum absolute atomic E-state index is 12.2. The van der Waals surface area contributed by atoms with Gasteiger partial charge in [-0.25, -0.2) is 0 Å². The molecular formula is C14H18ClNO2. The summed E-state index contributed by atoms with van der Waals surface area (Å²) >= 11 is 5.72. The number of nitrogens with one attached hydrogen (secondary N) is 1. The number of carbonyl (C=O) groups is 1. The summed E-state index contributed by atoms with van der Waals surface area (Å²) in [4.78, 5) is 12.2. The standard InChI is InChI=1S/C14H18ClNO2/c1-10-14(2,7-8-18-10)16-13(17)12-5-3-11(9-15)4-6-12/h3-6,10H,7-9H2,1-2H3,(H,16,17). The summed E-state index contributed by atoms with van der Waals surface area (Å²) < 4.78 is 5.51. The van der Waals surface area contributed by atoms with Gasteiger partial charge in [0, 0.05) is 18.1 Å². The van der Waals surface area contributed by atoms with Crippen molar-refractivity contribution in [1.82, 2.24) is 5.32 Å². The molecule has 98 valence electrons. The van der Waals surface area contributed by atoms with Gasteiger partial charge in [0.25, 0.3) is 5.91 Å². The van der Waals surface area contributed by atoms with Crippen LogP contribution in [0.2, 0.25) is 0 Å². The summed E-state index contributed by atoms with van der Waals surface area (Å²) in [5.41, 5.74) is 1.39. The largest absolute Gasteiger partial charge is 0.376 e. The van der Waals surface area contributed by atoms with Crippen LogP contribution < -0.4 is 5.32 Å². The van der Waals surface area contributed by atoms with Crippen molar-refractivity contribution in [2.24, 2.45) is 0 Å². The summed E-state index contributed by atoms with van der Waals surface area (Å²) in [6.45, 7) is 4.71. The molecule has 2 rings (SSSR count). The van der Waals surface area contributed by atoms with E-state index < -0.39 is 0 Å². The number of hydrogen-bond acceptors (Lipinski definition) is 2. The SMILES string of the molecule is CC1OCCC1(C)NC(=O)c1ccc(CCl)cc1. The third-order valence-corrected chi connectivity index (χ3v) is 3.96. The first-order chi connectivity index (χ1) is 8.55. The van der Waals surface area contributed by atoms with Gasteiger partial charge >= 0.3 is 0 Å². The molecule has 0 radical (unpaired) electrons. The number of ether oxygens (including phenoxy) is 1. The van der Waals surface area contributed by atoms with Crippen molar-refractivity contribution in [2.45, 2.75) is 37.8 Å². The lowest BCUT2D eigenvalue weighted by molar-refractivity contribution is 0.0727. The summed E-state index contributed by atoms with van der Waals surface area (Å²) in [5.74, 6) is 0.404. The third kappa shape index (κ3) is 2.68. The van der Waals surface area contributed by atoms with Gasteiger partial charge in [-0.1, -0.05) is 12.1 Å². The van der Waals surface area contributed by atoms with Crippen molar-refractivity contribution in [1.29, 1.82) is 0 Å². The Hall–Kier alpha value is -1.06. The van der Waals surface area contributed by atoms with Crippen LogP contribution in [-0.4, -0.2) is 24.2 Å². The molecule has 1 aromatic carbocycles. The molecule has 0 spiro atoms. The summed E-state index contributed by atoms with van der Waals surface area (Å²) in [5, 5.41) is 3.06. The monoisotopic (exact) mass is 267 g/mol. The zero-order valence-electron chi connectivity index (χ0n) is 10.7. The number of benzene rings is 1. The van der Waals surface area contributed by atoms with Crippen LogP contribution in [0.4, 0.5) is 0 Å². The average molecular weight is 268 g/mol. The number of rotatable bonds is 3. The second-order valence-electron chi connectivity index (χ2n) is 4.97. The molecular weight excluding hydrogens is 250 g/mol. The Morgan fingerprint density at radius 3 is 2.67 bits per heavy atom. The van der Waals surface area contributed by atoms with E-state index in [1.165, 1.54) is 0 Å². The van der Waals surface area contributed by atoms with Gasteiger partial charge in [-0.15, -0.1) is 11.6 Å². The molecule has 1 saturated heterocycles. The fourth-order valence-electron chi connectivity index (χ4n) is 2.08. The van der Waals surface area contributed by atoms with Gasteiger partial charge in [-0.3, -0.25) is 4.79 Å². The number of amides is 1. The van der Waals surface area contributed by atoms with Crippen LogP contribution in [0.5, 0.6) is 0 Å². The normalized spacial score (nSPS) is 27.2. The van der Waals surface area contributed by atoms with Crippen LogP contribution in [0.25, 0.3) is 0 Å². The van der Waals surface area contributed by atoms with E-state index in [1.807, 2.05) is 26.0 Å². The van der Waals surface area contributed by atoms with Gasteiger partial charge in [0.2, 0.25) is 0 Å². The minimum atomic E-state index is -0.276. The molecule has 0 saturated carbocycles. The highest BCUT2D eigenvalue weighted by atomic mass is 35.5. The molecule has 1 aliphatic rings. The van der Waals surface area contributed by atoms with Crippen LogP contribution in [0.15, 0.2) is 24.3 Å². The molecule has 4 heteroatoms. The van der Waals surface area contributed by atoms with E-state index in [9.17, 15) is 4.79 Å². The highest BCUT2D eigenvalue weighted by molar-refractivity contribution is 6.17. The predicted molar refractivity (Wildman–Crippen MR) is 71.9 cm³/mol. The van der Waals surface area contributed by atoms with Crippen molar-refractivity contribution < 1.29 is 9.53 Å².